The van der Waals surface area contributed by atoms with Crippen molar-refractivity contribution >= 4 is 27.5 Å². The SMILES string of the molecule is CCCNC(=O)[C@H](CC)N(Cc1ccc(F)cc1)C(=O)CCCN(c1cccc(C)c1C)S(C)(=O)=O. The van der Waals surface area contributed by atoms with Crippen molar-refractivity contribution in [3.63, 3.8) is 0 Å². The third-order valence-electron chi connectivity index (χ3n) is 6.20. The molecule has 198 valence electrons. The van der Waals surface area contributed by atoms with E-state index in [1.165, 1.54) is 21.3 Å². The number of sulfonamides is 1. The van der Waals surface area contributed by atoms with Crippen LogP contribution in [-0.4, -0.2) is 50.5 Å². The van der Waals surface area contributed by atoms with E-state index in [1.807, 2.05) is 39.8 Å². The van der Waals surface area contributed by atoms with Crippen LogP contribution < -0.4 is 9.62 Å². The molecule has 0 saturated heterocycles. The lowest BCUT2D eigenvalue weighted by atomic mass is 10.1. The van der Waals surface area contributed by atoms with Crippen molar-refractivity contribution in [1.82, 2.24) is 10.2 Å². The average Bonchev–Trinajstić information content (AvgIpc) is 2.82. The molecule has 0 aromatic heterocycles. The van der Waals surface area contributed by atoms with Crippen LogP contribution in [0.15, 0.2) is 42.5 Å². The summed E-state index contributed by atoms with van der Waals surface area (Å²) in [5.41, 5.74) is 3.15. The molecule has 1 atom stereocenters. The number of nitrogens with one attached hydrogen (secondary N) is 1. The Balaban J connectivity index is 2.23. The van der Waals surface area contributed by atoms with Crippen LogP contribution in [0.4, 0.5) is 10.1 Å². The van der Waals surface area contributed by atoms with Crippen LogP contribution in [0.1, 0.15) is 56.2 Å². The summed E-state index contributed by atoms with van der Waals surface area (Å²) < 4.78 is 39.9. The van der Waals surface area contributed by atoms with Crippen LogP contribution in [0.2, 0.25) is 0 Å². The standard InChI is InChI=1S/C27H38FN3O4S/c1-6-17-29-27(33)24(7-2)30(19-22-13-15-23(28)16-14-22)26(32)12-9-18-31(36(5,34)35)25-11-8-10-20(3)21(25)4/h8,10-11,13-16,24H,6-7,9,12,17-19H2,1-5H3,(H,29,33)/t24-/m0/s1. The van der Waals surface area contributed by atoms with Crippen molar-refractivity contribution in [1.29, 1.82) is 0 Å². The van der Waals surface area contributed by atoms with E-state index >= 15 is 0 Å². The Morgan fingerprint density at radius 1 is 1.06 bits per heavy atom. The normalized spacial score (nSPS) is 12.2. The van der Waals surface area contributed by atoms with Gasteiger partial charge in [-0.1, -0.05) is 38.1 Å². The van der Waals surface area contributed by atoms with Gasteiger partial charge < -0.3 is 10.2 Å². The molecule has 0 aliphatic heterocycles. The number of benzene rings is 2. The van der Waals surface area contributed by atoms with E-state index in [9.17, 15) is 22.4 Å². The van der Waals surface area contributed by atoms with Gasteiger partial charge in [0.25, 0.3) is 0 Å². The van der Waals surface area contributed by atoms with E-state index < -0.39 is 16.1 Å². The Bertz CT molecular complexity index is 1140. The van der Waals surface area contributed by atoms with E-state index in [-0.39, 0.29) is 43.6 Å². The fraction of sp³-hybridized carbons (Fsp3) is 0.481. The summed E-state index contributed by atoms with van der Waals surface area (Å²) in [5.74, 6) is -0.869. The van der Waals surface area contributed by atoms with Gasteiger partial charge >= 0.3 is 0 Å². The van der Waals surface area contributed by atoms with Gasteiger partial charge in [-0.2, -0.15) is 0 Å². The molecule has 0 radical (unpaired) electrons. The Kier molecular flexibility index (Phi) is 10.9. The van der Waals surface area contributed by atoms with Crippen LogP contribution >= 0.6 is 0 Å². The molecule has 9 heteroatoms. The molecule has 36 heavy (non-hydrogen) atoms. The number of aryl methyl sites for hydroxylation is 1. The first-order chi connectivity index (χ1) is 17.0. The third kappa shape index (κ3) is 8.05. The lowest BCUT2D eigenvalue weighted by Gasteiger charge is -2.31. The molecule has 0 fully saturated rings. The van der Waals surface area contributed by atoms with Gasteiger partial charge in [-0.25, -0.2) is 12.8 Å². The highest BCUT2D eigenvalue weighted by atomic mass is 32.2. The van der Waals surface area contributed by atoms with Crippen LogP contribution in [0, 0.1) is 19.7 Å². The van der Waals surface area contributed by atoms with E-state index in [0.29, 0.717) is 24.2 Å². The van der Waals surface area contributed by atoms with Crippen molar-refractivity contribution in [2.45, 2.75) is 66.0 Å². The number of hydrogen-bond acceptors (Lipinski definition) is 4. The van der Waals surface area contributed by atoms with Gasteiger partial charge in [0.15, 0.2) is 0 Å². The quantitative estimate of drug-likeness (QED) is 0.427. The van der Waals surface area contributed by atoms with Gasteiger partial charge in [-0.15, -0.1) is 0 Å². The van der Waals surface area contributed by atoms with Gasteiger partial charge in [-0.3, -0.25) is 13.9 Å². The summed E-state index contributed by atoms with van der Waals surface area (Å²) in [4.78, 5) is 27.7. The maximum absolute atomic E-state index is 13.4. The molecule has 2 aromatic carbocycles. The van der Waals surface area contributed by atoms with Crippen LogP contribution in [0.3, 0.4) is 0 Å². The molecular formula is C27H38FN3O4S. The summed E-state index contributed by atoms with van der Waals surface area (Å²) in [6.45, 7) is 8.39. The van der Waals surface area contributed by atoms with Crippen molar-refractivity contribution in [3.8, 4) is 0 Å². The number of anilines is 1. The first kappa shape index (κ1) is 29.3. The summed E-state index contributed by atoms with van der Waals surface area (Å²) in [6.07, 6.45) is 2.69. The van der Waals surface area contributed by atoms with Crippen LogP contribution in [-0.2, 0) is 26.2 Å². The number of carbonyl (C=O) groups is 2. The molecule has 0 aliphatic carbocycles. The molecule has 2 rings (SSSR count). The Morgan fingerprint density at radius 3 is 2.31 bits per heavy atom. The number of amides is 2. The smallest absolute Gasteiger partial charge is 0.242 e. The van der Waals surface area contributed by atoms with Crippen LogP contribution in [0.5, 0.6) is 0 Å². The molecule has 0 bridgehead atoms. The number of hydrogen-bond donors (Lipinski definition) is 1. The molecule has 2 aromatic rings. The summed E-state index contributed by atoms with van der Waals surface area (Å²) >= 11 is 0. The van der Waals surface area contributed by atoms with Crippen molar-refractivity contribution < 1.29 is 22.4 Å². The second-order valence-electron chi connectivity index (χ2n) is 9.02. The number of carbonyl (C=O) groups excluding carboxylic acids is 2. The maximum Gasteiger partial charge on any atom is 0.242 e. The highest BCUT2D eigenvalue weighted by molar-refractivity contribution is 7.92. The van der Waals surface area contributed by atoms with Crippen LogP contribution in [0.25, 0.3) is 0 Å². The zero-order valence-electron chi connectivity index (χ0n) is 21.9. The minimum atomic E-state index is -3.56. The second kappa shape index (κ2) is 13.4. The summed E-state index contributed by atoms with van der Waals surface area (Å²) in [7, 11) is -3.56. The number of nitrogens with zero attached hydrogens (tertiary/aromatic N) is 2. The molecule has 1 N–H and O–H groups in total. The largest absolute Gasteiger partial charge is 0.354 e. The highest BCUT2D eigenvalue weighted by Crippen LogP contribution is 2.25. The Hall–Kier alpha value is -2.94. The highest BCUT2D eigenvalue weighted by Gasteiger charge is 2.29. The Morgan fingerprint density at radius 2 is 1.72 bits per heavy atom. The molecule has 0 unspecified atom stereocenters. The predicted molar refractivity (Wildman–Crippen MR) is 142 cm³/mol. The zero-order valence-corrected chi connectivity index (χ0v) is 22.7. The van der Waals surface area contributed by atoms with E-state index in [2.05, 4.69) is 5.32 Å². The number of rotatable bonds is 13. The maximum atomic E-state index is 13.4. The fourth-order valence-electron chi connectivity index (χ4n) is 4.06. The molecule has 0 aliphatic rings. The molecular weight excluding hydrogens is 481 g/mol. The van der Waals surface area contributed by atoms with E-state index in [1.54, 1.807) is 18.2 Å². The lowest BCUT2D eigenvalue weighted by molar-refractivity contribution is -0.141. The van der Waals surface area contributed by atoms with E-state index in [0.717, 1.165) is 23.8 Å². The van der Waals surface area contributed by atoms with Crippen molar-refractivity contribution in [2.75, 3.05) is 23.7 Å². The molecule has 7 nitrogen and oxygen atoms in total. The first-order valence-electron chi connectivity index (χ1n) is 12.3. The second-order valence-corrected chi connectivity index (χ2v) is 10.9. The van der Waals surface area contributed by atoms with E-state index in [4.69, 9.17) is 0 Å². The lowest BCUT2D eigenvalue weighted by Crippen LogP contribution is -2.49. The average molecular weight is 520 g/mol. The van der Waals surface area contributed by atoms with Gasteiger partial charge in [0.1, 0.15) is 11.9 Å². The van der Waals surface area contributed by atoms with Gasteiger partial charge in [0.2, 0.25) is 21.8 Å². The molecule has 0 heterocycles. The van der Waals surface area contributed by atoms with Gasteiger partial charge in [-0.05, 0) is 68.0 Å². The minimum absolute atomic E-state index is 0.0651. The van der Waals surface area contributed by atoms with Crippen molar-refractivity contribution in [2.24, 2.45) is 0 Å². The number of halogens is 1. The molecule has 0 saturated carbocycles. The molecule has 2 amide bonds. The summed E-state index contributed by atoms with van der Waals surface area (Å²) in [5, 5.41) is 2.86. The first-order valence-corrected chi connectivity index (χ1v) is 14.2. The predicted octanol–water partition coefficient (Wildman–Crippen LogP) is 4.32. The molecule has 0 spiro atoms. The zero-order chi connectivity index (χ0) is 26.9. The van der Waals surface area contributed by atoms with Gasteiger partial charge in [0.05, 0.1) is 11.9 Å². The Labute approximate surface area is 214 Å². The minimum Gasteiger partial charge on any atom is -0.354 e. The topological polar surface area (TPSA) is 86.8 Å². The fourth-order valence-corrected chi connectivity index (χ4v) is 5.08. The summed E-state index contributed by atoms with van der Waals surface area (Å²) in [6, 6.07) is 10.7. The third-order valence-corrected chi connectivity index (χ3v) is 7.38. The van der Waals surface area contributed by atoms with Gasteiger partial charge in [0, 0.05) is 26.1 Å². The van der Waals surface area contributed by atoms with Crippen molar-refractivity contribution in [3.05, 3.63) is 65.0 Å². The monoisotopic (exact) mass is 519 g/mol.